The van der Waals surface area contributed by atoms with E-state index in [4.69, 9.17) is 15.7 Å². The normalized spacial score (nSPS) is 16.0. The summed E-state index contributed by atoms with van der Waals surface area (Å²) in [5, 5.41) is 4.60. The third-order valence-corrected chi connectivity index (χ3v) is 6.66. The van der Waals surface area contributed by atoms with Crippen LogP contribution in [-0.4, -0.2) is 65.2 Å². The summed E-state index contributed by atoms with van der Waals surface area (Å²) in [7, 11) is 3.92. The molecule has 1 aliphatic carbocycles. The van der Waals surface area contributed by atoms with Crippen molar-refractivity contribution in [2.45, 2.75) is 18.8 Å². The number of pyridine rings is 3. The molecule has 9 heteroatoms. The third-order valence-electron chi connectivity index (χ3n) is 6.66. The number of nitrogens with zero attached hydrogens (tertiary/aromatic N) is 7. The SMILES string of the molecule is CN(C)c1ncc(N)cc1-c1cc(-c2nc(N3CCNCC3)c3c(C4CC4)cncc3n2)ccn1. The van der Waals surface area contributed by atoms with E-state index in [0.29, 0.717) is 17.4 Å². The molecule has 2 aliphatic rings. The van der Waals surface area contributed by atoms with Gasteiger partial charge in [0, 0.05) is 69.2 Å². The molecule has 1 saturated carbocycles. The number of fused-ring (bicyclic) bond motifs is 1. The molecule has 4 aromatic heterocycles. The molecule has 5 heterocycles. The number of nitrogen functional groups attached to an aromatic ring is 1. The van der Waals surface area contributed by atoms with Gasteiger partial charge in [-0.05, 0) is 42.5 Å². The molecule has 4 aromatic rings. The summed E-state index contributed by atoms with van der Waals surface area (Å²) in [6.07, 6.45) is 9.75. The number of aromatic nitrogens is 5. The quantitative estimate of drug-likeness (QED) is 0.458. The van der Waals surface area contributed by atoms with E-state index in [9.17, 15) is 0 Å². The monoisotopic (exact) mass is 467 g/mol. The molecule has 0 radical (unpaired) electrons. The maximum atomic E-state index is 6.07. The number of piperazine rings is 1. The molecular weight excluding hydrogens is 438 g/mol. The van der Waals surface area contributed by atoms with Gasteiger partial charge < -0.3 is 20.9 Å². The lowest BCUT2D eigenvalue weighted by molar-refractivity contribution is 0.586. The molecule has 6 rings (SSSR count). The smallest absolute Gasteiger partial charge is 0.162 e. The summed E-state index contributed by atoms with van der Waals surface area (Å²) in [6, 6.07) is 5.89. The van der Waals surface area contributed by atoms with Crippen molar-refractivity contribution in [3.05, 3.63) is 48.5 Å². The summed E-state index contributed by atoms with van der Waals surface area (Å²) in [6.45, 7) is 3.72. The zero-order valence-corrected chi connectivity index (χ0v) is 20.1. The Bertz CT molecular complexity index is 1390. The second-order valence-electron chi connectivity index (χ2n) is 9.47. The largest absolute Gasteiger partial charge is 0.397 e. The zero-order chi connectivity index (χ0) is 23.9. The van der Waals surface area contributed by atoms with E-state index >= 15 is 0 Å². The van der Waals surface area contributed by atoms with E-state index in [-0.39, 0.29) is 0 Å². The maximum absolute atomic E-state index is 6.07. The molecule has 0 atom stereocenters. The summed E-state index contributed by atoms with van der Waals surface area (Å²) >= 11 is 0. The van der Waals surface area contributed by atoms with E-state index in [1.165, 1.54) is 18.4 Å². The number of nitrogens with one attached hydrogen (secondary N) is 1. The van der Waals surface area contributed by atoms with Crippen molar-refractivity contribution in [2.24, 2.45) is 0 Å². The highest BCUT2D eigenvalue weighted by atomic mass is 15.2. The summed E-state index contributed by atoms with van der Waals surface area (Å²) in [4.78, 5) is 28.2. The van der Waals surface area contributed by atoms with Crippen LogP contribution >= 0.6 is 0 Å². The van der Waals surface area contributed by atoms with Crippen molar-refractivity contribution in [2.75, 3.05) is 55.8 Å². The van der Waals surface area contributed by atoms with Gasteiger partial charge in [-0.25, -0.2) is 15.0 Å². The molecule has 0 unspecified atom stereocenters. The Morgan fingerprint density at radius 1 is 1.03 bits per heavy atom. The number of rotatable bonds is 5. The fraction of sp³-hybridized carbons (Fsp3) is 0.346. The van der Waals surface area contributed by atoms with Gasteiger partial charge in [-0.1, -0.05) is 0 Å². The van der Waals surface area contributed by atoms with Gasteiger partial charge in [0.25, 0.3) is 0 Å². The van der Waals surface area contributed by atoms with Crippen LogP contribution in [0.5, 0.6) is 0 Å². The zero-order valence-electron chi connectivity index (χ0n) is 20.1. The first-order valence-electron chi connectivity index (χ1n) is 12.1. The Hall–Kier alpha value is -3.85. The van der Waals surface area contributed by atoms with Crippen molar-refractivity contribution in [3.8, 4) is 22.6 Å². The molecule has 9 nitrogen and oxygen atoms in total. The van der Waals surface area contributed by atoms with E-state index in [1.807, 2.05) is 49.6 Å². The van der Waals surface area contributed by atoms with Gasteiger partial charge >= 0.3 is 0 Å². The maximum Gasteiger partial charge on any atom is 0.162 e. The van der Waals surface area contributed by atoms with Crippen molar-refractivity contribution < 1.29 is 0 Å². The van der Waals surface area contributed by atoms with Gasteiger partial charge in [-0.15, -0.1) is 0 Å². The number of hydrogen-bond acceptors (Lipinski definition) is 9. The van der Waals surface area contributed by atoms with Crippen LogP contribution in [-0.2, 0) is 0 Å². The average molecular weight is 468 g/mol. The van der Waals surface area contributed by atoms with Crippen molar-refractivity contribution in [1.82, 2.24) is 30.2 Å². The highest BCUT2D eigenvalue weighted by Gasteiger charge is 2.29. The van der Waals surface area contributed by atoms with Crippen LogP contribution in [0, 0.1) is 0 Å². The van der Waals surface area contributed by atoms with Crippen LogP contribution in [0.25, 0.3) is 33.5 Å². The Labute approximate surface area is 204 Å². The molecule has 0 aromatic carbocycles. The first-order valence-corrected chi connectivity index (χ1v) is 12.1. The summed E-state index contributed by atoms with van der Waals surface area (Å²) in [5.74, 6) is 3.06. The molecule has 0 amide bonds. The van der Waals surface area contributed by atoms with E-state index in [2.05, 4.69) is 25.2 Å². The lowest BCUT2D eigenvalue weighted by Crippen LogP contribution is -2.44. The highest BCUT2D eigenvalue weighted by molar-refractivity contribution is 5.94. The molecule has 0 spiro atoms. The van der Waals surface area contributed by atoms with Crippen LogP contribution < -0.4 is 20.9 Å². The summed E-state index contributed by atoms with van der Waals surface area (Å²) < 4.78 is 0. The summed E-state index contributed by atoms with van der Waals surface area (Å²) in [5.41, 5.74) is 11.4. The Kier molecular flexibility index (Phi) is 5.41. The molecule has 1 aliphatic heterocycles. The second-order valence-corrected chi connectivity index (χ2v) is 9.47. The molecular formula is C26H29N9. The first-order chi connectivity index (χ1) is 17.1. The minimum atomic E-state index is 0.565. The van der Waals surface area contributed by atoms with Crippen LogP contribution in [0.3, 0.4) is 0 Å². The number of hydrogen-bond donors (Lipinski definition) is 2. The van der Waals surface area contributed by atoms with Crippen LogP contribution in [0.15, 0.2) is 43.0 Å². The third kappa shape index (κ3) is 4.12. The van der Waals surface area contributed by atoms with E-state index < -0.39 is 0 Å². The van der Waals surface area contributed by atoms with Gasteiger partial charge in [0.15, 0.2) is 5.82 Å². The van der Waals surface area contributed by atoms with E-state index in [0.717, 1.165) is 65.5 Å². The predicted octanol–water partition coefficient (Wildman–Crippen LogP) is 3.08. The van der Waals surface area contributed by atoms with Crippen LogP contribution in [0.4, 0.5) is 17.3 Å². The fourth-order valence-electron chi connectivity index (χ4n) is 4.76. The molecule has 1 saturated heterocycles. The van der Waals surface area contributed by atoms with Gasteiger partial charge in [0.1, 0.15) is 11.6 Å². The van der Waals surface area contributed by atoms with Gasteiger partial charge in [-0.2, -0.15) is 0 Å². The minimum absolute atomic E-state index is 0.565. The van der Waals surface area contributed by atoms with Gasteiger partial charge in [0.2, 0.25) is 0 Å². The number of anilines is 3. The Morgan fingerprint density at radius 3 is 2.63 bits per heavy atom. The predicted molar refractivity (Wildman–Crippen MR) is 140 cm³/mol. The van der Waals surface area contributed by atoms with Crippen molar-refractivity contribution in [1.29, 1.82) is 0 Å². The van der Waals surface area contributed by atoms with Gasteiger partial charge in [-0.3, -0.25) is 9.97 Å². The molecule has 178 valence electrons. The van der Waals surface area contributed by atoms with Crippen molar-refractivity contribution in [3.63, 3.8) is 0 Å². The van der Waals surface area contributed by atoms with Crippen molar-refractivity contribution >= 4 is 28.2 Å². The fourth-order valence-corrected chi connectivity index (χ4v) is 4.76. The lowest BCUT2D eigenvalue weighted by atomic mass is 10.1. The lowest BCUT2D eigenvalue weighted by Gasteiger charge is -2.30. The Balaban J connectivity index is 1.51. The van der Waals surface area contributed by atoms with E-state index in [1.54, 1.807) is 12.4 Å². The highest BCUT2D eigenvalue weighted by Crippen LogP contribution is 2.45. The molecule has 35 heavy (non-hydrogen) atoms. The van der Waals surface area contributed by atoms with Gasteiger partial charge in [0.05, 0.1) is 29.3 Å². The Morgan fingerprint density at radius 2 is 1.86 bits per heavy atom. The number of nitrogens with two attached hydrogens (primary N) is 1. The molecule has 3 N–H and O–H groups in total. The van der Waals surface area contributed by atoms with Crippen LogP contribution in [0.2, 0.25) is 0 Å². The topological polar surface area (TPSA) is 109 Å². The first kappa shape index (κ1) is 21.7. The average Bonchev–Trinajstić information content (AvgIpc) is 3.73. The molecule has 2 fully saturated rings. The second kappa shape index (κ2) is 8.74. The standard InChI is InChI=1S/C26H29N9/c1-34(2)25-19(12-18(27)13-31-25)21-11-17(5-6-30-21)24-32-22-15-29-14-20(16-3-4-16)23(22)26(33-24)35-9-7-28-8-10-35/h5-6,11-16,28H,3-4,7-10,27H2,1-2H3. The van der Waals surface area contributed by atoms with Crippen LogP contribution in [0.1, 0.15) is 24.3 Å². The molecule has 0 bridgehead atoms. The minimum Gasteiger partial charge on any atom is -0.397 e.